The zero-order valence-corrected chi connectivity index (χ0v) is 15.8. The first-order chi connectivity index (χ1) is 13.9. The summed E-state index contributed by atoms with van der Waals surface area (Å²) in [6.45, 7) is -0.473. The molecular weight excluding hydrogens is 380 g/mol. The molecule has 0 heterocycles. The van der Waals surface area contributed by atoms with E-state index >= 15 is 0 Å². The molecule has 1 N–H and O–H groups in total. The molecular formula is C22H21F2NO4. The van der Waals surface area contributed by atoms with Crippen LogP contribution in [0.1, 0.15) is 51.1 Å². The lowest BCUT2D eigenvalue weighted by molar-refractivity contribution is -0.142. The molecule has 152 valence electrons. The Bertz CT molecular complexity index is 942. The van der Waals surface area contributed by atoms with Crippen LogP contribution in [0.25, 0.3) is 0 Å². The third-order valence-corrected chi connectivity index (χ3v) is 4.83. The highest BCUT2D eigenvalue weighted by Crippen LogP contribution is 2.22. The molecule has 0 aliphatic heterocycles. The molecule has 0 unspecified atom stereocenters. The zero-order valence-electron chi connectivity index (χ0n) is 15.8. The van der Waals surface area contributed by atoms with Crippen molar-refractivity contribution in [2.75, 3.05) is 13.2 Å². The zero-order chi connectivity index (χ0) is 20.8. The van der Waals surface area contributed by atoms with E-state index in [9.17, 15) is 23.2 Å². The number of ketones is 1. The maximum Gasteiger partial charge on any atom is 0.308 e. The average molecular weight is 401 g/mol. The van der Waals surface area contributed by atoms with Crippen molar-refractivity contribution in [3.8, 4) is 0 Å². The maximum absolute atomic E-state index is 13.5. The van der Waals surface area contributed by atoms with Gasteiger partial charge in [-0.2, -0.15) is 0 Å². The van der Waals surface area contributed by atoms with Gasteiger partial charge in [0.05, 0.1) is 12.0 Å². The summed E-state index contributed by atoms with van der Waals surface area (Å²) in [5.74, 6) is -3.48. The van der Waals surface area contributed by atoms with Gasteiger partial charge < -0.3 is 10.1 Å². The molecule has 0 radical (unpaired) electrons. The second-order valence-electron chi connectivity index (χ2n) is 6.90. The van der Waals surface area contributed by atoms with Crippen LogP contribution in [0.3, 0.4) is 0 Å². The molecule has 2 aromatic carbocycles. The van der Waals surface area contributed by atoms with Crippen LogP contribution in [0.15, 0.2) is 36.4 Å². The number of nitrogens with one attached hydrogen (secondary N) is 1. The van der Waals surface area contributed by atoms with Crippen LogP contribution in [0.2, 0.25) is 0 Å². The van der Waals surface area contributed by atoms with Crippen LogP contribution in [0.5, 0.6) is 0 Å². The predicted molar refractivity (Wildman–Crippen MR) is 102 cm³/mol. The fourth-order valence-electron chi connectivity index (χ4n) is 3.26. The van der Waals surface area contributed by atoms with E-state index in [1.54, 1.807) is 6.07 Å². The summed E-state index contributed by atoms with van der Waals surface area (Å²) in [4.78, 5) is 35.9. The monoisotopic (exact) mass is 401 g/mol. The number of carbonyl (C=O) groups is 3. The predicted octanol–water partition coefficient (Wildman–Crippen LogP) is 3.39. The number of carbonyl (C=O) groups excluding carboxylic acids is 3. The molecule has 0 fully saturated rings. The lowest BCUT2D eigenvalue weighted by atomic mass is 9.90. The summed E-state index contributed by atoms with van der Waals surface area (Å²) in [5.41, 5.74) is 2.63. The largest absolute Gasteiger partial charge is 0.457 e. The molecule has 5 nitrogen and oxygen atoms in total. The number of hydrogen-bond acceptors (Lipinski definition) is 4. The highest BCUT2D eigenvalue weighted by atomic mass is 19.1. The minimum Gasteiger partial charge on any atom is -0.457 e. The molecule has 0 atom stereocenters. The van der Waals surface area contributed by atoms with Gasteiger partial charge >= 0.3 is 5.97 Å². The van der Waals surface area contributed by atoms with E-state index in [0.717, 1.165) is 37.8 Å². The van der Waals surface area contributed by atoms with Gasteiger partial charge in [0.15, 0.2) is 12.4 Å². The molecule has 0 bridgehead atoms. The van der Waals surface area contributed by atoms with E-state index in [0.29, 0.717) is 11.6 Å². The SMILES string of the molecule is O=C(CCNC(=O)c1ccc(F)cc1F)OCC(=O)c1ccc2c(c1)CCCC2. The molecule has 0 saturated heterocycles. The quantitative estimate of drug-likeness (QED) is 0.570. The van der Waals surface area contributed by atoms with E-state index in [4.69, 9.17) is 4.74 Å². The van der Waals surface area contributed by atoms with Crippen molar-refractivity contribution < 1.29 is 27.9 Å². The fraction of sp³-hybridized carbons (Fsp3) is 0.318. The second kappa shape index (κ2) is 9.41. The number of ether oxygens (including phenoxy) is 1. The first kappa shape index (κ1) is 20.6. The van der Waals surface area contributed by atoms with E-state index in [1.165, 1.54) is 11.1 Å². The molecule has 3 rings (SSSR count). The Morgan fingerprint density at radius 1 is 0.966 bits per heavy atom. The van der Waals surface area contributed by atoms with E-state index in [1.807, 2.05) is 12.1 Å². The molecule has 29 heavy (non-hydrogen) atoms. The van der Waals surface area contributed by atoms with Crippen LogP contribution < -0.4 is 5.32 Å². The lowest BCUT2D eigenvalue weighted by Gasteiger charge is -2.16. The summed E-state index contributed by atoms with van der Waals surface area (Å²) in [6.07, 6.45) is 4.05. The minimum absolute atomic E-state index is 0.0957. The van der Waals surface area contributed by atoms with Gasteiger partial charge in [-0.15, -0.1) is 0 Å². The Hall–Kier alpha value is -3.09. The molecule has 0 spiro atoms. The highest BCUT2D eigenvalue weighted by Gasteiger charge is 2.16. The van der Waals surface area contributed by atoms with Crippen molar-refractivity contribution in [3.05, 3.63) is 70.3 Å². The van der Waals surface area contributed by atoms with Crippen molar-refractivity contribution >= 4 is 17.7 Å². The van der Waals surface area contributed by atoms with Crippen molar-refractivity contribution in [1.29, 1.82) is 0 Å². The summed E-state index contributed by atoms with van der Waals surface area (Å²) in [6, 6.07) is 8.16. The molecule has 1 aliphatic carbocycles. The number of Topliss-reactive ketones (excluding diaryl/α,β-unsaturated/α-hetero) is 1. The number of fused-ring (bicyclic) bond motifs is 1. The summed E-state index contributed by atoms with van der Waals surface area (Å²) < 4.78 is 31.4. The number of aryl methyl sites for hydroxylation is 2. The third kappa shape index (κ3) is 5.47. The van der Waals surface area contributed by atoms with Gasteiger partial charge in [0.25, 0.3) is 5.91 Å². The molecule has 1 amide bonds. The number of halogens is 2. The first-order valence-electron chi connectivity index (χ1n) is 9.48. The Kier molecular flexibility index (Phi) is 6.69. The number of benzene rings is 2. The average Bonchev–Trinajstić information content (AvgIpc) is 2.71. The standard InChI is InChI=1S/C22H21F2NO4/c23-17-7-8-18(19(24)12-17)22(28)25-10-9-21(27)29-13-20(26)16-6-5-14-3-1-2-4-15(14)11-16/h5-8,11-12H,1-4,9-10,13H2,(H,25,28). The molecule has 7 heteroatoms. The van der Waals surface area contributed by atoms with Gasteiger partial charge in [-0.1, -0.05) is 12.1 Å². The molecule has 1 aliphatic rings. The Labute approximate surface area is 167 Å². The van der Waals surface area contributed by atoms with E-state index < -0.39 is 23.5 Å². The number of amides is 1. The fourth-order valence-corrected chi connectivity index (χ4v) is 3.26. The Balaban J connectivity index is 1.43. The van der Waals surface area contributed by atoms with Gasteiger partial charge in [0.2, 0.25) is 0 Å². The highest BCUT2D eigenvalue weighted by molar-refractivity contribution is 5.98. The Morgan fingerprint density at radius 2 is 1.72 bits per heavy atom. The summed E-state index contributed by atoms with van der Waals surface area (Å²) in [7, 11) is 0. The second-order valence-corrected chi connectivity index (χ2v) is 6.90. The molecule has 0 saturated carbocycles. The Morgan fingerprint density at radius 3 is 2.48 bits per heavy atom. The van der Waals surface area contributed by atoms with Gasteiger partial charge in [-0.3, -0.25) is 14.4 Å². The van der Waals surface area contributed by atoms with Gasteiger partial charge in [-0.25, -0.2) is 8.78 Å². The maximum atomic E-state index is 13.5. The molecule has 0 aromatic heterocycles. The number of esters is 1. The normalized spacial score (nSPS) is 12.8. The van der Waals surface area contributed by atoms with Crippen molar-refractivity contribution in [1.82, 2.24) is 5.32 Å². The smallest absolute Gasteiger partial charge is 0.308 e. The van der Waals surface area contributed by atoms with Gasteiger partial charge in [0, 0.05) is 18.2 Å². The topological polar surface area (TPSA) is 72.5 Å². The number of rotatable bonds is 7. The lowest BCUT2D eigenvalue weighted by Crippen LogP contribution is -2.27. The summed E-state index contributed by atoms with van der Waals surface area (Å²) >= 11 is 0. The first-order valence-corrected chi connectivity index (χ1v) is 9.48. The van der Waals surface area contributed by atoms with E-state index in [-0.39, 0.29) is 30.9 Å². The van der Waals surface area contributed by atoms with Crippen molar-refractivity contribution in [2.24, 2.45) is 0 Å². The van der Waals surface area contributed by atoms with Gasteiger partial charge in [0.1, 0.15) is 11.6 Å². The van der Waals surface area contributed by atoms with Crippen LogP contribution >= 0.6 is 0 Å². The minimum atomic E-state index is -0.985. The van der Waals surface area contributed by atoms with Crippen LogP contribution in [-0.2, 0) is 22.4 Å². The van der Waals surface area contributed by atoms with E-state index in [2.05, 4.69) is 5.32 Å². The van der Waals surface area contributed by atoms with Crippen LogP contribution in [0.4, 0.5) is 8.78 Å². The van der Waals surface area contributed by atoms with Crippen LogP contribution in [0, 0.1) is 11.6 Å². The van der Waals surface area contributed by atoms with Gasteiger partial charge in [-0.05, 0) is 55.0 Å². The van der Waals surface area contributed by atoms with Crippen molar-refractivity contribution in [3.63, 3.8) is 0 Å². The number of hydrogen-bond donors (Lipinski definition) is 1. The molecule has 2 aromatic rings. The summed E-state index contributed by atoms with van der Waals surface area (Å²) in [5, 5.41) is 2.36. The van der Waals surface area contributed by atoms with Crippen LogP contribution in [-0.4, -0.2) is 30.8 Å². The third-order valence-electron chi connectivity index (χ3n) is 4.83. The van der Waals surface area contributed by atoms with Crippen molar-refractivity contribution in [2.45, 2.75) is 32.1 Å².